The molecule has 0 saturated carbocycles. The summed E-state index contributed by atoms with van der Waals surface area (Å²) in [7, 11) is 0. The van der Waals surface area contributed by atoms with Gasteiger partial charge in [0, 0.05) is 0 Å². The van der Waals surface area contributed by atoms with E-state index >= 15 is 0 Å². The smallest absolute Gasteiger partial charge is 0.0690 e. The van der Waals surface area contributed by atoms with E-state index in [4.69, 9.17) is 5.73 Å². The lowest BCUT2D eigenvalue weighted by atomic mass is 10.0. The number of hydrogen-bond acceptors (Lipinski definition) is 3. The van der Waals surface area contributed by atoms with Gasteiger partial charge in [-0.25, -0.2) is 0 Å². The van der Waals surface area contributed by atoms with Gasteiger partial charge in [0.25, 0.3) is 0 Å². The number of H-pyrrole nitrogens is 1. The lowest BCUT2D eigenvalue weighted by Crippen LogP contribution is -1.97. The Balaban J connectivity index is 0.000000734. The van der Waals surface area contributed by atoms with Crippen molar-refractivity contribution in [3.8, 4) is 0 Å². The first-order valence-corrected chi connectivity index (χ1v) is 9.41. The molecule has 0 bridgehead atoms. The second kappa shape index (κ2) is 20.1. The molecule has 22 heavy (non-hydrogen) atoms. The Morgan fingerprint density at radius 1 is 0.636 bits per heavy atom. The largest absolute Gasteiger partial charge is 0.330 e. The van der Waals surface area contributed by atoms with E-state index in [1.807, 2.05) is 0 Å². The predicted octanol–water partition coefficient (Wildman–Crippen LogP) is 5.23. The molecule has 4 nitrogen and oxygen atoms in total. The third-order valence-corrected chi connectivity index (χ3v) is 3.89. The molecule has 0 aliphatic rings. The number of unbranched alkanes of at least 4 members (excludes halogenated alkanes) is 13. The van der Waals surface area contributed by atoms with E-state index in [-0.39, 0.29) is 0 Å². The van der Waals surface area contributed by atoms with Crippen LogP contribution in [0.5, 0.6) is 0 Å². The Morgan fingerprint density at radius 3 is 1.27 bits per heavy atom. The summed E-state index contributed by atoms with van der Waals surface area (Å²) in [5, 5.41) is 9.33. The van der Waals surface area contributed by atoms with E-state index in [0.29, 0.717) is 0 Å². The van der Waals surface area contributed by atoms with Crippen LogP contribution in [0.4, 0.5) is 0 Å². The number of nitrogens with one attached hydrogen (secondary N) is 1. The molecule has 130 valence electrons. The van der Waals surface area contributed by atoms with Crippen molar-refractivity contribution in [3.05, 3.63) is 12.4 Å². The molecule has 3 N–H and O–H groups in total. The SMILES string of the molecule is CCCCCCCCCCCCCCCCN.c1cn[nH]n1. The van der Waals surface area contributed by atoms with Crippen LogP contribution >= 0.6 is 0 Å². The van der Waals surface area contributed by atoms with E-state index in [2.05, 4.69) is 22.3 Å². The Labute approximate surface area is 137 Å². The Bertz CT molecular complexity index is 231. The summed E-state index contributed by atoms with van der Waals surface area (Å²) >= 11 is 0. The summed E-state index contributed by atoms with van der Waals surface area (Å²) in [4.78, 5) is 0. The highest BCUT2D eigenvalue weighted by Gasteiger charge is 1.93. The van der Waals surface area contributed by atoms with Gasteiger partial charge in [0.05, 0.1) is 12.4 Å². The highest BCUT2D eigenvalue weighted by Crippen LogP contribution is 2.12. The van der Waals surface area contributed by atoms with Crippen molar-refractivity contribution in [1.82, 2.24) is 15.4 Å². The van der Waals surface area contributed by atoms with Crippen LogP contribution in [0.1, 0.15) is 96.8 Å². The highest BCUT2D eigenvalue weighted by molar-refractivity contribution is 4.55. The number of hydrogen-bond donors (Lipinski definition) is 2. The molecular weight excluding hydrogens is 272 g/mol. The summed E-state index contributed by atoms with van der Waals surface area (Å²) in [6, 6.07) is 0. The molecular formula is C18H38N4. The Hall–Kier alpha value is -0.900. The summed E-state index contributed by atoms with van der Waals surface area (Å²) in [6.07, 6.45) is 23.0. The Kier molecular flexibility index (Phi) is 19.3. The van der Waals surface area contributed by atoms with Gasteiger partial charge in [-0.1, -0.05) is 90.4 Å². The number of aromatic amines is 1. The standard InChI is InChI=1S/C16H35N.C2H3N3/c1-2-3-4-5-6-7-8-9-10-11-12-13-14-15-16-17;1-2-4-5-3-1/h2-17H2,1H3;1-2H,(H,3,4,5). The first kappa shape index (κ1) is 21.1. The summed E-state index contributed by atoms with van der Waals surface area (Å²) in [6.45, 7) is 3.16. The molecule has 0 atom stereocenters. The lowest BCUT2D eigenvalue weighted by Gasteiger charge is -2.02. The molecule has 1 aromatic heterocycles. The van der Waals surface area contributed by atoms with Gasteiger partial charge in [0.1, 0.15) is 0 Å². The van der Waals surface area contributed by atoms with Crippen molar-refractivity contribution in [2.75, 3.05) is 6.54 Å². The number of aromatic nitrogens is 3. The Morgan fingerprint density at radius 2 is 1.00 bits per heavy atom. The molecule has 0 amide bonds. The fraction of sp³-hybridized carbons (Fsp3) is 0.889. The quantitative estimate of drug-likeness (QED) is 0.462. The van der Waals surface area contributed by atoms with Crippen molar-refractivity contribution in [3.63, 3.8) is 0 Å². The minimum absolute atomic E-state index is 0.873. The molecule has 0 aliphatic carbocycles. The van der Waals surface area contributed by atoms with Crippen LogP contribution in [0.2, 0.25) is 0 Å². The zero-order valence-corrected chi connectivity index (χ0v) is 14.7. The maximum absolute atomic E-state index is 5.47. The molecule has 0 aliphatic heterocycles. The molecule has 0 spiro atoms. The van der Waals surface area contributed by atoms with Crippen LogP contribution in [0.25, 0.3) is 0 Å². The third-order valence-electron chi connectivity index (χ3n) is 3.89. The third kappa shape index (κ3) is 19.1. The highest BCUT2D eigenvalue weighted by atomic mass is 15.3. The summed E-state index contributed by atoms with van der Waals surface area (Å²) in [5.74, 6) is 0. The van der Waals surface area contributed by atoms with Crippen LogP contribution in [0.3, 0.4) is 0 Å². The van der Waals surface area contributed by atoms with Crippen molar-refractivity contribution >= 4 is 0 Å². The van der Waals surface area contributed by atoms with Gasteiger partial charge in [-0.15, -0.1) is 0 Å². The monoisotopic (exact) mass is 310 g/mol. The molecule has 4 heteroatoms. The molecule has 1 rings (SSSR count). The minimum Gasteiger partial charge on any atom is -0.330 e. The predicted molar refractivity (Wildman–Crippen MR) is 95.7 cm³/mol. The van der Waals surface area contributed by atoms with E-state index < -0.39 is 0 Å². The first-order chi connectivity index (χ1) is 10.9. The topological polar surface area (TPSA) is 67.6 Å². The molecule has 0 unspecified atom stereocenters. The fourth-order valence-electron chi connectivity index (χ4n) is 2.51. The van der Waals surface area contributed by atoms with Gasteiger partial charge in [0.2, 0.25) is 0 Å². The van der Waals surface area contributed by atoms with Crippen molar-refractivity contribution < 1.29 is 0 Å². The second-order valence-electron chi connectivity index (χ2n) is 6.04. The normalized spacial score (nSPS) is 10.3. The van der Waals surface area contributed by atoms with Crippen LogP contribution < -0.4 is 5.73 Å². The lowest BCUT2D eigenvalue weighted by molar-refractivity contribution is 0.536. The van der Waals surface area contributed by atoms with Crippen molar-refractivity contribution in [2.24, 2.45) is 5.73 Å². The molecule has 1 heterocycles. The van der Waals surface area contributed by atoms with Crippen LogP contribution in [-0.4, -0.2) is 22.0 Å². The van der Waals surface area contributed by atoms with Gasteiger partial charge in [0.15, 0.2) is 0 Å². The van der Waals surface area contributed by atoms with Crippen LogP contribution in [-0.2, 0) is 0 Å². The summed E-state index contributed by atoms with van der Waals surface area (Å²) < 4.78 is 0. The minimum atomic E-state index is 0.873. The molecule has 0 fully saturated rings. The van der Waals surface area contributed by atoms with E-state index in [1.165, 1.54) is 89.9 Å². The zero-order chi connectivity index (χ0) is 16.1. The van der Waals surface area contributed by atoms with E-state index in [0.717, 1.165) is 6.54 Å². The van der Waals surface area contributed by atoms with Crippen molar-refractivity contribution in [2.45, 2.75) is 96.8 Å². The van der Waals surface area contributed by atoms with Gasteiger partial charge in [-0.3, -0.25) is 0 Å². The van der Waals surface area contributed by atoms with Gasteiger partial charge in [-0.2, -0.15) is 15.4 Å². The van der Waals surface area contributed by atoms with Gasteiger partial charge in [-0.05, 0) is 13.0 Å². The number of nitrogens with two attached hydrogens (primary N) is 1. The van der Waals surface area contributed by atoms with Crippen LogP contribution in [0.15, 0.2) is 12.4 Å². The first-order valence-electron chi connectivity index (χ1n) is 9.41. The average molecular weight is 311 g/mol. The second-order valence-corrected chi connectivity index (χ2v) is 6.04. The van der Waals surface area contributed by atoms with E-state index in [1.54, 1.807) is 12.4 Å². The molecule has 1 aromatic rings. The number of nitrogens with zero attached hydrogens (tertiary/aromatic N) is 2. The maximum atomic E-state index is 5.47. The summed E-state index contributed by atoms with van der Waals surface area (Å²) in [5.41, 5.74) is 5.47. The van der Waals surface area contributed by atoms with Gasteiger partial charge < -0.3 is 5.73 Å². The molecule has 0 radical (unpaired) electrons. The van der Waals surface area contributed by atoms with E-state index in [9.17, 15) is 0 Å². The molecule has 0 saturated heterocycles. The number of rotatable bonds is 14. The van der Waals surface area contributed by atoms with Crippen molar-refractivity contribution in [1.29, 1.82) is 0 Å². The molecule has 0 aromatic carbocycles. The maximum Gasteiger partial charge on any atom is 0.0690 e. The zero-order valence-electron chi connectivity index (χ0n) is 14.7. The fourth-order valence-corrected chi connectivity index (χ4v) is 2.51. The van der Waals surface area contributed by atoms with Crippen LogP contribution in [0, 0.1) is 0 Å². The van der Waals surface area contributed by atoms with Gasteiger partial charge >= 0.3 is 0 Å². The average Bonchev–Trinajstić information content (AvgIpc) is 3.12.